The van der Waals surface area contributed by atoms with Crippen LogP contribution in [0.2, 0.25) is 0 Å². The highest BCUT2D eigenvalue weighted by molar-refractivity contribution is 5.86. The first kappa shape index (κ1) is 15.1. The molecule has 0 aromatic heterocycles. The lowest BCUT2D eigenvalue weighted by molar-refractivity contribution is -0.137. The molecule has 0 radical (unpaired) electrons. The third kappa shape index (κ3) is 3.05. The maximum absolute atomic E-state index is 12.7. The minimum absolute atomic E-state index is 0.284. The number of halogens is 3. The van der Waals surface area contributed by atoms with E-state index in [1.807, 2.05) is 6.92 Å². The molecule has 1 aromatic rings. The average Bonchev–Trinajstić information content (AvgIpc) is 2.78. The third-order valence-corrected chi connectivity index (χ3v) is 4.47. The smallest absolute Gasteiger partial charge is 0.299 e. The number of alkyl halides is 3. The summed E-state index contributed by atoms with van der Waals surface area (Å²) in [4.78, 5) is 12.0. The first-order valence-electron chi connectivity index (χ1n) is 7.07. The second-order valence-corrected chi connectivity index (χ2v) is 5.61. The van der Waals surface area contributed by atoms with Crippen molar-refractivity contribution in [3.63, 3.8) is 0 Å². The number of carbonyl (C=O) groups is 1. The van der Waals surface area contributed by atoms with Crippen molar-refractivity contribution in [3.8, 4) is 0 Å². The van der Waals surface area contributed by atoms with Gasteiger partial charge in [-0.25, -0.2) is 0 Å². The molecule has 1 unspecified atom stereocenters. The Labute approximate surface area is 117 Å². The zero-order chi connectivity index (χ0) is 14.8. The van der Waals surface area contributed by atoms with E-state index in [4.69, 9.17) is 0 Å². The van der Waals surface area contributed by atoms with Crippen LogP contribution in [0.15, 0.2) is 24.3 Å². The van der Waals surface area contributed by atoms with Crippen molar-refractivity contribution in [2.24, 2.45) is 5.41 Å². The minimum Gasteiger partial charge on any atom is -0.299 e. The standard InChI is InChI=1S/C16H19F3O/c1-2-15(9-4-7-14(15)20)10-8-12-5-3-6-13(11-12)16(17,18)19/h3,5-6,11H,2,4,7-10H2,1H3. The van der Waals surface area contributed by atoms with Crippen molar-refractivity contribution in [2.45, 2.75) is 51.6 Å². The first-order valence-corrected chi connectivity index (χ1v) is 7.07. The molecule has 20 heavy (non-hydrogen) atoms. The van der Waals surface area contributed by atoms with Crippen molar-refractivity contribution < 1.29 is 18.0 Å². The highest BCUT2D eigenvalue weighted by Gasteiger charge is 2.39. The van der Waals surface area contributed by atoms with Crippen LogP contribution < -0.4 is 0 Å². The Morgan fingerprint density at radius 3 is 2.60 bits per heavy atom. The Hall–Kier alpha value is -1.32. The van der Waals surface area contributed by atoms with E-state index in [9.17, 15) is 18.0 Å². The Bertz CT molecular complexity index is 493. The van der Waals surface area contributed by atoms with Crippen molar-refractivity contribution in [1.29, 1.82) is 0 Å². The second kappa shape index (κ2) is 5.58. The number of hydrogen-bond acceptors (Lipinski definition) is 1. The molecule has 110 valence electrons. The van der Waals surface area contributed by atoms with E-state index in [2.05, 4.69) is 0 Å². The SMILES string of the molecule is CCC1(CCc2cccc(C(F)(F)F)c2)CCCC1=O. The zero-order valence-corrected chi connectivity index (χ0v) is 11.6. The average molecular weight is 284 g/mol. The van der Waals surface area contributed by atoms with Crippen LogP contribution in [0.5, 0.6) is 0 Å². The van der Waals surface area contributed by atoms with E-state index in [1.54, 1.807) is 6.07 Å². The molecule has 0 spiro atoms. The third-order valence-electron chi connectivity index (χ3n) is 4.47. The molecular formula is C16H19F3O. The summed E-state index contributed by atoms with van der Waals surface area (Å²) in [6.45, 7) is 2.00. The highest BCUT2D eigenvalue weighted by atomic mass is 19.4. The lowest BCUT2D eigenvalue weighted by Crippen LogP contribution is -2.25. The van der Waals surface area contributed by atoms with Gasteiger partial charge in [-0.15, -0.1) is 0 Å². The Balaban J connectivity index is 2.09. The molecule has 0 saturated heterocycles. The van der Waals surface area contributed by atoms with Crippen LogP contribution in [0.25, 0.3) is 0 Å². The van der Waals surface area contributed by atoms with E-state index in [0.29, 0.717) is 24.8 Å². The summed E-state index contributed by atoms with van der Waals surface area (Å²) in [7, 11) is 0. The molecule has 1 fully saturated rings. The molecule has 1 aliphatic rings. The summed E-state index contributed by atoms with van der Waals surface area (Å²) < 4.78 is 38.0. The number of Topliss-reactive ketones (excluding diaryl/α,β-unsaturated/α-hetero) is 1. The first-order chi connectivity index (χ1) is 9.37. The van der Waals surface area contributed by atoms with Gasteiger partial charge in [0.15, 0.2) is 0 Å². The van der Waals surface area contributed by atoms with Gasteiger partial charge >= 0.3 is 6.18 Å². The van der Waals surface area contributed by atoms with Gasteiger partial charge in [0.2, 0.25) is 0 Å². The second-order valence-electron chi connectivity index (χ2n) is 5.61. The van der Waals surface area contributed by atoms with Crippen LogP contribution in [0, 0.1) is 5.41 Å². The van der Waals surface area contributed by atoms with Gasteiger partial charge in [0.1, 0.15) is 5.78 Å². The number of hydrogen-bond donors (Lipinski definition) is 0. The summed E-state index contributed by atoms with van der Waals surface area (Å²) in [5.41, 5.74) is -0.250. The largest absolute Gasteiger partial charge is 0.416 e. The van der Waals surface area contributed by atoms with Crippen molar-refractivity contribution in [2.75, 3.05) is 0 Å². The lowest BCUT2D eigenvalue weighted by Gasteiger charge is -2.25. The van der Waals surface area contributed by atoms with Gasteiger partial charge in [-0.05, 0) is 43.7 Å². The minimum atomic E-state index is -4.30. The van der Waals surface area contributed by atoms with E-state index in [-0.39, 0.29) is 11.2 Å². The number of benzene rings is 1. The summed E-state index contributed by atoms with van der Waals surface area (Å²) in [5.74, 6) is 0.284. The predicted octanol–water partition coefficient (Wildman–Crippen LogP) is 4.79. The molecule has 1 nitrogen and oxygen atoms in total. The molecule has 0 amide bonds. The number of ketones is 1. The van der Waals surface area contributed by atoms with E-state index in [1.165, 1.54) is 12.1 Å². The van der Waals surface area contributed by atoms with Gasteiger partial charge in [-0.3, -0.25) is 4.79 Å². The molecule has 0 heterocycles. The normalized spacial score (nSPS) is 23.3. The van der Waals surface area contributed by atoms with Crippen LogP contribution in [0.3, 0.4) is 0 Å². The maximum atomic E-state index is 12.7. The molecule has 0 aliphatic heterocycles. The number of aryl methyl sites for hydroxylation is 1. The molecule has 0 bridgehead atoms. The molecule has 1 saturated carbocycles. The Morgan fingerprint density at radius 2 is 2.05 bits per heavy atom. The maximum Gasteiger partial charge on any atom is 0.416 e. The molecule has 4 heteroatoms. The summed E-state index contributed by atoms with van der Waals surface area (Å²) in [6, 6.07) is 5.42. The van der Waals surface area contributed by atoms with Crippen LogP contribution >= 0.6 is 0 Å². The van der Waals surface area contributed by atoms with Crippen LogP contribution in [0.1, 0.15) is 50.2 Å². The quantitative estimate of drug-likeness (QED) is 0.777. The Morgan fingerprint density at radius 1 is 1.30 bits per heavy atom. The van der Waals surface area contributed by atoms with E-state index >= 15 is 0 Å². The van der Waals surface area contributed by atoms with Crippen molar-refractivity contribution in [1.82, 2.24) is 0 Å². The van der Waals surface area contributed by atoms with Gasteiger partial charge in [0.25, 0.3) is 0 Å². The summed E-state index contributed by atoms with van der Waals surface area (Å²) >= 11 is 0. The van der Waals surface area contributed by atoms with E-state index in [0.717, 1.165) is 25.3 Å². The van der Waals surface area contributed by atoms with Crippen molar-refractivity contribution >= 4 is 5.78 Å². The molecule has 1 atom stereocenters. The zero-order valence-electron chi connectivity index (χ0n) is 11.6. The van der Waals surface area contributed by atoms with Gasteiger partial charge in [0, 0.05) is 11.8 Å². The lowest BCUT2D eigenvalue weighted by atomic mass is 9.77. The van der Waals surface area contributed by atoms with Gasteiger partial charge in [-0.1, -0.05) is 25.1 Å². The van der Waals surface area contributed by atoms with Gasteiger partial charge < -0.3 is 0 Å². The fourth-order valence-electron chi connectivity index (χ4n) is 3.09. The fraction of sp³-hybridized carbons (Fsp3) is 0.562. The van der Waals surface area contributed by atoms with Crippen LogP contribution in [0.4, 0.5) is 13.2 Å². The Kier molecular flexibility index (Phi) is 4.21. The van der Waals surface area contributed by atoms with Gasteiger partial charge in [-0.2, -0.15) is 13.2 Å². The molecule has 1 aromatic carbocycles. The topological polar surface area (TPSA) is 17.1 Å². The van der Waals surface area contributed by atoms with Crippen molar-refractivity contribution in [3.05, 3.63) is 35.4 Å². The highest BCUT2D eigenvalue weighted by Crippen LogP contribution is 2.42. The molecule has 0 N–H and O–H groups in total. The number of carbonyl (C=O) groups excluding carboxylic acids is 1. The predicted molar refractivity (Wildman–Crippen MR) is 71.3 cm³/mol. The summed E-state index contributed by atoms with van der Waals surface area (Å²) in [6.07, 6.45) is 0.0760. The van der Waals surface area contributed by atoms with Crippen LogP contribution in [-0.2, 0) is 17.4 Å². The fourth-order valence-corrected chi connectivity index (χ4v) is 3.09. The molecular weight excluding hydrogens is 265 g/mol. The molecule has 2 rings (SSSR count). The van der Waals surface area contributed by atoms with Gasteiger partial charge in [0.05, 0.1) is 5.56 Å². The monoisotopic (exact) mass is 284 g/mol. The van der Waals surface area contributed by atoms with Crippen LogP contribution in [-0.4, -0.2) is 5.78 Å². The number of rotatable bonds is 4. The van der Waals surface area contributed by atoms with E-state index < -0.39 is 11.7 Å². The summed E-state index contributed by atoms with van der Waals surface area (Å²) in [5, 5.41) is 0. The molecule has 1 aliphatic carbocycles.